The van der Waals surface area contributed by atoms with E-state index in [4.69, 9.17) is 10.3 Å². The average molecular weight is 449 g/mol. The van der Waals surface area contributed by atoms with Crippen LogP contribution in [0.25, 0.3) is 22.8 Å². The highest BCUT2D eigenvalue weighted by molar-refractivity contribution is 7.98. The zero-order chi connectivity index (χ0) is 22.7. The molecule has 32 heavy (non-hydrogen) atoms. The van der Waals surface area contributed by atoms with Crippen molar-refractivity contribution in [1.29, 1.82) is 0 Å². The molecule has 0 bridgehead atoms. The van der Waals surface area contributed by atoms with Gasteiger partial charge >= 0.3 is 0 Å². The molecule has 0 saturated heterocycles. The molecule has 0 aliphatic rings. The fraction of sp³-hybridized carbons (Fsp3) is 0.217. The number of carbonyl (C=O) groups excluding carboxylic acids is 1. The number of benzene rings is 2. The van der Waals surface area contributed by atoms with Gasteiger partial charge in [0.1, 0.15) is 23.0 Å². The fourth-order valence-corrected chi connectivity index (χ4v) is 3.91. The molecule has 8 nitrogen and oxygen atoms in total. The average Bonchev–Trinajstić information content (AvgIpc) is 3.39. The standard InChI is InChI=1S/C23H24N6O2S/c1-4-15-7-5-6-8-17(15)25-18(30)13-29-20(24)19(23(27-29)32-3)22-26-21(28-31-22)16-11-9-14(2)10-12-16/h5-12H,4,13,24H2,1-3H3,(H,25,30). The zero-order valence-corrected chi connectivity index (χ0v) is 18.9. The first-order chi connectivity index (χ1) is 15.5. The number of anilines is 2. The Balaban J connectivity index is 1.59. The van der Waals surface area contributed by atoms with E-state index in [2.05, 4.69) is 20.6 Å². The van der Waals surface area contributed by atoms with E-state index >= 15 is 0 Å². The molecule has 2 heterocycles. The topological polar surface area (TPSA) is 112 Å². The number of nitrogen functional groups attached to an aromatic ring is 1. The van der Waals surface area contributed by atoms with Crippen molar-refractivity contribution in [3.8, 4) is 22.8 Å². The summed E-state index contributed by atoms with van der Waals surface area (Å²) in [4.78, 5) is 17.2. The Kier molecular flexibility index (Phi) is 6.27. The first-order valence-electron chi connectivity index (χ1n) is 10.2. The van der Waals surface area contributed by atoms with Crippen molar-refractivity contribution in [2.24, 2.45) is 0 Å². The lowest BCUT2D eigenvalue weighted by molar-refractivity contribution is -0.116. The van der Waals surface area contributed by atoms with Gasteiger partial charge < -0.3 is 15.6 Å². The van der Waals surface area contributed by atoms with Crippen LogP contribution in [0.3, 0.4) is 0 Å². The van der Waals surface area contributed by atoms with Gasteiger partial charge in [-0.3, -0.25) is 4.79 Å². The molecule has 0 saturated carbocycles. The van der Waals surface area contributed by atoms with Crippen LogP contribution in [0.4, 0.5) is 11.5 Å². The number of rotatable bonds is 7. The number of amides is 1. The summed E-state index contributed by atoms with van der Waals surface area (Å²) < 4.78 is 6.95. The molecule has 0 unspecified atom stereocenters. The number of thioether (sulfide) groups is 1. The minimum Gasteiger partial charge on any atom is -0.383 e. The fourth-order valence-electron chi connectivity index (χ4n) is 3.34. The maximum atomic E-state index is 12.7. The summed E-state index contributed by atoms with van der Waals surface area (Å²) in [6.45, 7) is 4.03. The largest absolute Gasteiger partial charge is 0.383 e. The molecule has 1 amide bonds. The second-order valence-corrected chi connectivity index (χ2v) is 8.07. The number of carbonyl (C=O) groups is 1. The quantitative estimate of drug-likeness (QED) is 0.403. The Bertz CT molecular complexity index is 1250. The van der Waals surface area contributed by atoms with Crippen molar-refractivity contribution in [2.45, 2.75) is 31.8 Å². The summed E-state index contributed by atoms with van der Waals surface area (Å²) in [6, 6.07) is 15.6. The Morgan fingerprint density at radius 2 is 1.94 bits per heavy atom. The van der Waals surface area contributed by atoms with Gasteiger partial charge in [0, 0.05) is 11.3 Å². The molecular weight excluding hydrogens is 424 g/mol. The molecule has 0 radical (unpaired) electrons. The summed E-state index contributed by atoms with van der Waals surface area (Å²) in [5, 5.41) is 12.1. The Morgan fingerprint density at radius 1 is 1.19 bits per heavy atom. The van der Waals surface area contributed by atoms with Gasteiger partial charge in [-0.25, -0.2) is 4.68 Å². The van der Waals surface area contributed by atoms with Crippen LogP contribution in [0.2, 0.25) is 0 Å². The second kappa shape index (κ2) is 9.27. The summed E-state index contributed by atoms with van der Waals surface area (Å²) in [7, 11) is 0. The molecule has 4 aromatic rings. The third kappa shape index (κ3) is 4.38. The van der Waals surface area contributed by atoms with Crippen LogP contribution in [-0.4, -0.2) is 32.1 Å². The van der Waals surface area contributed by atoms with Crippen molar-refractivity contribution in [3.05, 3.63) is 59.7 Å². The van der Waals surface area contributed by atoms with Crippen LogP contribution in [0.5, 0.6) is 0 Å². The highest BCUT2D eigenvalue weighted by atomic mass is 32.2. The SMILES string of the molecule is CCc1ccccc1NC(=O)Cn1nc(SC)c(-c2nc(-c3ccc(C)cc3)no2)c1N. The number of nitrogens with zero attached hydrogens (tertiary/aromatic N) is 4. The van der Waals surface area contributed by atoms with Gasteiger partial charge in [0.2, 0.25) is 11.7 Å². The first-order valence-corrected chi connectivity index (χ1v) is 11.4. The summed E-state index contributed by atoms with van der Waals surface area (Å²) >= 11 is 1.40. The molecule has 0 aliphatic heterocycles. The lowest BCUT2D eigenvalue weighted by Gasteiger charge is -2.10. The summed E-state index contributed by atoms with van der Waals surface area (Å²) in [6.07, 6.45) is 2.70. The lowest BCUT2D eigenvalue weighted by atomic mass is 10.1. The predicted molar refractivity (Wildman–Crippen MR) is 126 cm³/mol. The number of hydrogen-bond donors (Lipinski definition) is 2. The van der Waals surface area contributed by atoms with Crippen LogP contribution < -0.4 is 11.1 Å². The van der Waals surface area contributed by atoms with Crippen LogP contribution in [0, 0.1) is 6.92 Å². The van der Waals surface area contributed by atoms with E-state index in [-0.39, 0.29) is 18.3 Å². The van der Waals surface area contributed by atoms with Crippen molar-refractivity contribution in [3.63, 3.8) is 0 Å². The maximum absolute atomic E-state index is 12.7. The molecule has 0 aliphatic carbocycles. The van der Waals surface area contributed by atoms with Crippen molar-refractivity contribution in [1.82, 2.24) is 19.9 Å². The molecule has 0 atom stereocenters. The predicted octanol–water partition coefficient (Wildman–Crippen LogP) is 4.41. The van der Waals surface area contributed by atoms with Crippen molar-refractivity contribution < 1.29 is 9.32 Å². The van der Waals surface area contributed by atoms with E-state index < -0.39 is 0 Å². The Labute approximate surface area is 190 Å². The smallest absolute Gasteiger partial charge is 0.264 e. The maximum Gasteiger partial charge on any atom is 0.264 e. The van der Waals surface area contributed by atoms with Crippen LogP contribution in [0.15, 0.2) is 58.1 Å². The molecule has 164 valence electrons. The van der Waals surface area contributed by atoms with E-state index in [1.54, 1.807) is 0 Å². The van der Waals surface area contributed by atoms with Crippen LogP contribution >= 0.6 is 11.8 Å². The van der Waals surface area contributed by atoms with Crippen molar-refractivity contribution >= 4 is 29.2 Å². The summed E-state index contributed by atoms with van der Waals surface area (Å²) in [5.41, 5.74) is 10.7. The number of para-hydroxylation sites is 1. The van der Waals surface area contributed by atoms with Gasteiger partial charge in [0.25, 0.3) is 5.89 Å². The molecule has 2 aromatic carbocycles. The Hall–Kier alpha value is -3.59. The molecule has 3 N–H and O–H groups in total. The van der Waals surface area contributed by atoms with Gasteiger partial charge in [-0.05, 0) is 31.2 Å². The molecule has 0 fully saturated rings. The number of aryl methyl sites for hydroxylation is 2. The van der Waals surface area contributed by atoms with Crippen molar-refractivity contribution in [2.75, 3.05) is 17.3 Å². The molecule has 2 aromatic heterocycles. The number of nitrogens with two attached hydrogens (primary N) is 1. The normalized spacial score (nSPS) is 11.0. The van der Waals surface area contributed by atoms with Gasteiger partial charge in [0.15, 0.2) is 0 Å². The zero-order valence-electron chi connectivity index (χ0n) is 18.1. The van der Waals surface area contributed by atoms with E-state index in [9.17, 15) is 4.79 Å². The lowest BCUT2D eigenvalue weighted by Crippen LogP contribution is -2.21. The molecular formula is C23H24N6O2S. The van der Waals surface area contributed by atoms with E-state index in [0.717, 1.165) is 28.8 Å². The Morgan fingerprint density at radius 3 is 2.66 bits per heavy atom. The monoisotopic (exact) mass is 448 g/mol. The minimum absolute atomic E-state index is 0.0314. The van der Waals surface area contributed by atoms with E-state index in [0.29, 0.717) is 22.2 Å². The first kappa shape index (κ1) is 21.6. The summed E-state index contributed by atoms with van der Waals surface area (Å²) in [5.74, 6) is 0.816. The third-order valence-electron chi connectivity index (χ3n) is 5.07. The van der Waals surface area contributed by atoms with E-state index in [1.807, 2.05) is 68.6 Å². The molecule has 9 heteroatoms. The third-order valence-corrected chi connectivity index (χ3v) is 5.74. The van der Waals surface area contributed by atoms with Crippen LogP contribution in [-0.2, 0) is 17.8 Å². The molecule has 4 rings (SSSR count). The second-order valence-electron chi connectivity index (χ2n) is 7.28. The van der Waals surface area contributed by atoms with Gasteiger partial charge in [-0.1, -0.05) is 60.1 Å². The van der Waals surface area contributed by atoms with E-state index in [1.165, 1.54) is 16.4 Å². The highest BCUT2D eigenvalue weighted by Crippen LogP contribution is 2.35. The number of aromatic nitrogens is 4. The number of hydrogen-bond acceptors (Lipinski definition) is 7. The van der Waals surface area contributed by atoms with Crippen LogP contribution in [0.1, 0.15) is 18.1 Å². The van der Waals surface area contributed by atoms with Gasteiger partial charge in [-0.15, -0.1) is 11.8 Å². The van der Waals surface area contributed by atoms with Gasteiger partial charge in [-0.2, -0.15) is 10.1 Å². The van der Waals surface area contributed by atoms with Gasteiger partial charge in [0.05, 0.1) is 0 Å². The minimum atomic E-state index is -0.217. The number of nitrogens with one attached hydrogen (secondary N) is 1. The molecule has 0 spiro atoms. The highest BCUT2D eigenvalue weighted by Gasteiger charge is 2.24.